The fourth-order valence-corrected chi connectivity index (χ4v) is 1.79. The summed E-state index contributed by atoms with van der Waals surface area (Å²) >= 11 is 5.08. The molecule has 0 aliphatic heterocycles. The van der Waals surface area contributed by atoms with Gasteiger partial charge in [-0.1, -0.05) is 12.1 Å². The molecule has 0 radical (unpaired) electrons. The summed E-state index contributed by atoms with van der Waals surface area (Å²) in [6.45, 7) is 2.06. The van der Waals surface area contributed by atoms with Crippen LogP contribution in [0.2, 0.25) is 0 Å². The SMILES string of the molecule is CNC(=S)N[C@@H](C)c1ccc(-n2cncn2)cc1. The molecule has 0 spiro atoms. The van der Waals surface area contributed by atoms with Crippen LogP contribution in [-0.2, 0) is 0 Å². The lowest BCUT2D eigenvalue weighted by molar-refractivity contribution is 0.708. The van der Waals surface area contributed by atoms with Crippen molar-refractivity contribution in [1.82, 2.24) is 25.4 Å². The van der Waals surface area contributed by atoms with Crippen LogP contribution in [-0.4, -0.2) is 26.9 Å². The van der Waals surface area contributed by atoms with Crippen molar-refractivity contribution in [3.05, 3.63) is 42.5 Å². The molecule has 18 heavy (non-hydrogen) atoms. The summed E-state index contributed by atoms with van der Waals surface area (Å²) in [6.07, 6.45) is 3.19. The van der Waals surface area contributed by atoms with Crippen molar-refractivity contribution in [3.63, 3.8) is 0 Å². The summed E-state index contributed by atoms with van der Waals surface area (Å²) in [4.78, 5) is 3.92. The molecule has 6 heteroatoms. The Morgan fingerprint density at radius 3 is 2.61 bits per heavy atom. The third-order valence-electron chi connectivity index (χ3n) is 2.65. The minimum Gasteiger partial charge on any atom is -0.366 e. The Balaban J connectivity index is 2.10. The van der Waals surface area contributed by atoms with Crippen LogP contribution in [0.25, 0.3) is 5.69 Å². The summed E-state index contributed by atoms with van der Waals surface area (Å²) in [6, 6.07) is 8.27. The summed E-state index contributed by atoms with van der Waals surface area (Å²) in [5.41, 5.74) is 2.15. The van der Waals surface area contributed by atoms with Crippen molar-refractivity contribution < 1.29 is 0 Å². The van der Waals surface area contributed by atoms with Crippen molar-refractivity contribution >= 4 is 17.3 Å². The fraction of sp³-hybridized carbons (Fsp3) is 0.250. The van der Waals surface area contributed by atoms with Gasteiger partial charge in [0.15, 0.2) is 5.11 Å². The van der Waals surface area contributed by atoms with E-state index in [1.54, 1.807) is 18.1 Å². The lowest BCUT2D eigenvalue weighted by atomic mass is 10.1. The Morgan fingerprint density at radius 1 is 1.33 bits per heavy atom. The molecule has 1 heterocycles. The van der Waals surface area contributed by atoms with Gasteiger partial charge in [-0.3, -0.25) is 0 Å². The van der Waals surface area contributed by atoms with Crippen LogP contribution in [0.3, 0.4) is 0 Å². The molecule has 1 atom stereocenters. The first kappa shape index (κ1) is 12.5. The number of hydrogen-bond donors (Lipinski definition) is 2. The first-order valence-electron chi connectivity index (χ1n) is 5.64. The second-order valence-electron chi connectivity index (χ2n) is 3.88. The highest BCUT2D eigenvalue weighted by Crippen LogP contribution is 2.14. The van der Waals surface area contributed by atoms with E-state index >= 15 is 0 Å². The topological polar surface area (TPSA) is 54.8 Å². The van der Waals surface area contributed by atoms with Gasteiger partial charge in [-0.15, -0.1) is 0 Å². The predicted molar refractivity (Wildman–Crippen MR) is 74.6 cm³/mol. The number of aromatic nitrogens is 3. The molecule has 1 aromatic carbocycles. The molecule has 0 saturated carbocycles. The highest BCUT2D eigenvalue weighted by Gasteiger charge is 2.06. The van der Waals surface area contributed by atoms with Gasteiger partial charge in [0.1, 0.15) is 12.7 Å². The van der Waals surface area contributed by atoms with Gasteiger partial charge < -0.3 is 10.6 Å². The molecule has 5 nitrogen and oxygen atoms in total. The minimum absolute atomic E-state index is 0.162. The van der Waals surface area contributed by atoms with Crippen molar-refractivity contribution in [3.8, 4) is 5.69 Å². The third kappa shape index (κ3) is 2.84. The fourth-order valence-electron chi connectivity index (χ4n) is 1.61. The second-order valence-corrected chi connectivity index (χ2v) is 4.28. The monoisotopic (exact) mass is 261 g/mol. The van der Waals surface area contributed by atoms with Gasteiger partial charge in [-0.25, -0.2) is 9.67 Å². The summed E-state index contributed by atoms with van der Waals surface area (Å²) in [7, 11) is 1.80. The molecule has 0 bridgehead atoms. The Hall–Kier alpha value is -1.95. The van der Waals surface area contributed by atoms with Crippen molar-refractivity contribution in [1.29, 1.82) is 0 Å². The molecular weight excluding hydrogens is 246 g/mol. The van der Waals surface area contributed by atoms with Gasteiger partial charge in [-0.05, 0) is 36.8 Å². The van der Waals surface area contributed by atoms with Crippen molar-refractivity contribution in [2.24, 2.45) is 0 Å². The van der Waals surface area contributed by atoms with E-state index in [2.05, 4.69) is 27.6 Å². The van der Waals surface area contributed by atoms with Crippen LogP contribution in [0.1, 0.15) is 18.5 Å². The van der Waals surface area contributed by atoms with E-state index in [1.807, 2.05) is 24.3 Å². The van der Waals surface area contributed by atoms with Crippen LogP contribution in [0, 0.1) is 0 Å². The van der Waals surface area contributed by atoms with E-state index in [-0.39, 0.29) is 6.04 Å². The molecule has 0 amide bonds. The van der Waals surface area contributed by atoms with E-state index in [4.69, 9.17) is 12.2 Å². The number of nitrogens with one attached hydrogen (secondary N) is 2. The number of hydrogen-bond acceptors (Lipinski definition) is 3. The third-order valence-corrected chi connectivity index (χ3v) is 2.97. The highest BCUT2D eigenvalue weighted by atomic mass is 32.1. The zero-order chi connectivity index (χ0) is 13.0. The van der Waals surface area contributed by atoms with Gasteiger partial charge in [0.25, 0.3) is 0 Å². The zero-order valence-corrected chi connectivity index (χ0v) is 11.1. The maximum atomic E-state index is 5.08. The van der Waals surface area contributed by atoms with E-state index in [0.29, 0.717) is 5.11 Å². The van der Waals surface area contributed by atoms with Crippen LogP contribution >= 0.6 is 12.2 Å². The first-order chi connectivity index (χ1) is 8.70. The lowest BCUT2D eigenvalue weighted by Gasteiger charge is -2.16. The molecule has 2 rings (SSSR count). The summed E-state index contributed by atoms with van der Waals surface area (Å²) < 4.78 is 1.72. The molecule has 0 aliphatic carbocycles. The predicted octanol–water partition coefficient (Wildman–Crippen LogP) is 1.42. The maximum absolute atomic E-state index is 5.08. The molecule has 1 aromatic heterocycles. The molecular formula is C12H15N5S. The molecule has 94 valence electrons. The summed E-state index contributed by atoms with van der Waals surface area (Å²) in [5.74, 6) is 0. The minimum atomic E-state index is 0.162. The largest absolute Gasteiger partial charge is 0.366 e. The van der Waals surface area contributed by atoms with Crippen LogP contribution in [0.5, 0.6) is 0 Å². The summed E-state index contributed by atoms with van der Waals surface area (Å²) in [5, 5.41) is 10.8. The lowest BCUT2D eigenvalue weighted by Crippen LogP contribution is -2.34. The van der Waals surface area contributed by atoms with Crippen molar-refractivity contribution in [2.75, 3.05) is 7.05 Å². The van der Waals surface area contributed by atoms with Gasteiger partial charge >= 0.3 is 0 Å². The number of benzene rings is 1. The maximum Gasteiger partial charge on any atom is 0.166 e. The van der Waals surface area contributed by atoms with Gasteiger partial charge in [0.2, 0.25) is 0 Å². The van der Waals surface area contributed by atoms with E-state index < -0.39 is 0 Å². The van der Waals surface area contributed by atoms with Crippen LogP contribution in [0.4, 0.5) is 0 Å². The van der Waals surface area contributed by atoms with E-state index in [0.717, 1.165) is 11.3 Å². The van der Waals surface area contributed by atoms with Crippen LogP contribution in [0.15, 0.2) is 36.9 Å². The molecule has 0 aliphatic rings. The van der Waals surface area contributed by atoms with E-state index in [1.165, 1.54) is 6.33 Å². The molecule has 0 unspecified atom stereocenters. The molecule has 0 saturated heterocycles. The Morgan fingerprint density at radius 2 is 2.06 bits per heavy atom. The van der Waals surface area contributed by atoms with Crippen LogP contribution < -0.4 is 10.6 Å². The Labute approximate surface area is 111 Å². The Kier molecular flexibility index (Phi) is 3.88. The van der Waals surface area contributed by atoms with E-state index in [9.17, 15) is 0 Å². The first-order valence-corrected chi connectivity index (χ1v) is 6.04. The number of rotatable bonds is 3. The van der Waals surface area contributed by atoms with Gasteiger partial charge in [-0.2, -0.15) is 5.10 Å². The molecule has 0 fully saturated rings. The quantitative estimate of drug-likeness (QED) is 0.819. The number of nitrogens with zero attached hydrogens (tertiary/aromatic N) is 3. The smallest absolute Gasteiger partial charge is 0.166 e. The average molecular weight is 261 g/mol. The second kappa shape index (κ2) is 5.59. The zero-order valence-electron chi connectivity index (χ0n) is 10.3. The Bertz CT molecular complexity index is 506. The standard InChI is InChI=1S/C12H15N5S/c1-9(16-12(18)13-2)10-3-5-11(6-4-10)17-8-14-7-15-17/h3-9H,1-2H3,(H2,13,16,18)/t9-/m0/s1. The number of thiocarbonyl (C=S) groups is 1. The molecule has 2 aromatic rings. The average Bonchev–Trinajstić information content (AvgIpc) is 2.92. The van der Waals surface area contributed by atoms with Gasteiger partial charge in [0.05, 0.1) is 11.7 Å². The highest BCUT2D eigenvalue weighted by molar-refractivity contribution is 7.80. The van der Waals surface area contributed by atoms with Crippen molar-refractivity contribution in [2.45, 2.75) is 13.0 Å². The molecule has 2 N–H and O–H groups in total. The van der Waals surface area contributed by atoms with Gasteiger partial charge in [0, 0.05) is 7.05 Å². The normalized spacial score (nSPS) is 11.9.